The summed E-state index contributed by atoms with van der Waals surface area (Å²) in [5.41, 5.74) is 7.20. The van der Waals surface area contributed by atoms with Crippen molar-refractivity contribution in [2.24, 2.45) is 5.41 Å². The van der Waals surface area contributed by atoms with Crippen LogP contribution < -0.4 is 10.6 Å². The summed E-state index contributed by atoms with van der Waals surface area (Å²) in [6.45, 7) is 6.68. The lowest BCUT2D eigenvalue weighted by Gasteiger charge is -2.39. The Kier molecular flexibility index (Phi) is 4.78. The molecular formula is C15H25N3OS2. The summed E-state index contributed by atoms with van der Waals surface area (Å²) in [6.07, 6.45) is 4.47. The number of carbonyl (C=O) groups is 1. The maximum absolute atomic E-state index is 12.3. The zero-order valence-corrected chi connectivity index (χ0v) is 15.2. The first kappa shape index (κ1) is 16.5. The Hall–Kier alpha value is -0.880. The summed E-state index contributed by atoms with van der Waals surface area (Å²) >= 11 is 3.18. The van der Waals surface area contributed by atoms with Crippen LogP contribution in [0.2, 0.25) is 0 Å². The van der Waals surface area contributed by atoms with Crippen molar-refractivity contribution < 1.29 is 4.79 Å². The maximum Gasteiger partial charge on any atom is 0.265 e. The van der Waals surface area contributed by atoms with Crippen molar-refractivity contribution in [2.75, 3.05) is 44.1 Å². The molecule has 0 aliphatic carbocycles. The molecule has 4 nitrogen and oxygen atoms in total. The van der Waals surface area contributed by atoms with Crippen LogP contribution in [0, 0.1) is 5.41 Å². The summed E-state index contributed by atoms with van der Waals surface area (Å²) in [5.74, 6) is -0.00433. The highest BCUT2D eigenvalue weighted by Gasteiger charge is 2.31. The third-order valence-electron chi connectivity index (χ3n) is 3.87. The molecule has 0 aromatic carbocycles. The van der Waals surface area contributed by atoms with E-state index < -0.39 is 0 Å². The fraction of sp³-hybridized carbons (Fsp3) is 0.667. The summed E-state index contributed by atoms with van der Waals surface area (Å²) in [5, 5.41) is 1.16. The van der Waals surface area contributed by atoms with Gasteiger partial charge in [0.1, 0.15) is 9.88 Å². The molecule has 2 rings (SSSR count). The highest BCUT2D eigenvalue weighted by Crippen LogP contribution is 2.46. The van der Waals surface area contributed by atoms with Crippen molar-refractivity contribution in [1.82, 2.24) is 4.90 Å². The molecular weight excluding hydrogens is 302 g/mol. The summed E-state index contributed by atoms with van der Waals surface area (Å²) < 4.78 is 0. The SMILES string of the molecule is CSc1c(N2CCCC(C)(C)C2)sc(C(=O)N(C)C)c1N. The summed E-state index contributed by atoms with van der Waals surface area (Å²) in [4.78, 5) is 18.0. The number of rotatable bonds is 3. The van der Waals surface area contributed by atoms with Gasteiger partial charge in [-0.2, -0.15) is 0 Å². The molecule has 2 N–H and O–H groups in total. The lowest BCUT2D eigenvalue weighted by Crippen LogP contribution is -2.39. The van der Waals surface area contributed by atoms with Gasteiger partial charge >= 0.3 is 0 Å². The van der Waals surface area contributed by atoms with Crippen molar-refractivity contribution in [3.63, 3.8) is 0 Å². The van der Waals surface area contributed by atoms with Gasteiger partial charge in [0.25, 0.3) is 5.91 Å². The van der Waals surface area contributed by atoms with Crippen LogP contribution in [-0.4, -0.2) is 44.2 Å². The largest absolute Gasteiger partial charge is 0.396 e. The van der Waals surface area contributed by atoms with E-state index in [0.29, 0.717) is 16.0 Å². The van der Waals surface area contributed by atoms with Crippen LogP contribution in [0.5, 0.6) is 0 Å². The van der Waals surface area contributed by atoms with Crippen LogP contribution in [0.4, 0.5) is 10.7 Å². The fourth-order valence-electron chi connectivity index (χ4n) is 2.78. The summed E-state index contributed by atoms with van der Waals surface area (Å²) in [6, 6.07) is 0. The smallest absolute Gasteiger partial charge is 0.265 e. The number of hydrogen-bond donors (Lipinski definition) is 1. The lowest BCUT2D eigenvalue weighted by atomic mass is 9.84. The van der Waals surface area contributed by atoms with Crippen LogP contribution >= 0.6 is 23.1 Å². The molecule has 21 heavy (non-hydrogen) atoms. The van der Waals surface area contributed by atoms with E-state index in [1.807, 2.05) is 6.26 Å². The predicted octanol–water partition coefficient (Wildman–Crippen LogP) is 3.38. The normalized spacial score (nSPS) is 17.9. The number of anilines is 2. The van der Waals surface area contributed by atoms with E-state index in [-0.39, 0.29) is 5.91 Å². The molecule has 1 aliphatic rings. The van der Waals surface area contributed by atoms with Crippen molar-refractivity contribution in [1.29, 1.82) is 0 Å². The average Bonchev–Trinajstić information content (AvgIpc) is 2.73. The molecule has 0 bridgehead atoms. The molecule has 1 aromatic heterocycles. The van der Waals surface area contributed by atoms with Gasteiger partial charge in [-0.1, -0.05) is 13.8 Å². The highest BCUT2D eigenvalue weighted by molar-refractivity contribution is 7.99. The molecule has 1 saturated heterocycles. The van der Waals surface area contributed by atoms with Crippen LogP contribution in [-0.2, 0) is 0 Å². The van der Waals surface area contributed by atoms with E-state index in [2.05, 4.69) is 18.7 Å². The second-order valence-electron chi connectivity index (χ2n) is 6.57. The molecule has 2 heterocycles. The van der Waals surface area contributed by atoms with E-state index in [0.717, 1.165) is 23.0 Å². The van der Waals surface area contributed by atoms with Gasteiger partial charge in [0, 0.05) is 27.2 Å². The van der Waals surface area contributed by atoms with Crippen LogP contribution in [0.1, 0.15) is 36.4 Å². The molecule has 1 amide bonds. The molecule has 1 fully saturated rings. The maximum atomic E-state index is 12.3. The number of nitrogens with two attached hydrogens (primary N) is 1. The molecule has 6 heteroatoms. The van der Waals surface area contributed by atoms with Crippen LogP contribution in [0.15, 0.2) is 4.90 Å². The van der Waals surface area contributed by atoms with Crippen molar-refractivity contribution in [3.05, 3.63) is 4.88 Å². The van der Waals surface area contributed by atoms with E-state index in [1.165, 1.54) is 12.8 Å². The van der Waals surface area contributed by atoms with Gasteiger partial charge in [0.2, 0.25) is 0 Å². The van der Waals surface area contributed by atoms with E-state index in [1.54, 1.807) is 42.1 Å². The number of amides is 1. The van der Waals surface area contributed by atoms with Crippen molar-refractivity contribution >= 4 is 39.7 Å². The van der Waals surface area contributed by atoms with Gasteiger partial charge in [-0.05, 0) is 24.5 Å². The second-order valence-corrected chi connectivity index (χ2v) is 8.39. The molecule has 0 saturated carbocycles. The van der Waals surface area contributed by atoms with E-state index in [4.69, 9.17) is 5.73 Å². The Bertz CT molecular complexity index is 537. The Labute approximate surface area is 135 Å². The lowest BCUT2D eigenvalue weighted by molar-refractivity contribution is 0.0833. The van der Waals surface area contributed by atoms with Gasteiger partial charge in [-0.15, -0.1) is 23.1 Å². The zero-order chi connectivity index (χ0) is 15.8. The number of hydrogen-bond acceptors (Lipinski definition) is 5. The highest BCUT2D eigenvalue weighted by atomic mass is 32.2. The molecule has 0 atom stereocenters. The first-order valence-electron chi connectivity index (χ1n) is 7.19. The van der Waals surface area contributed by atoms with Crippen LogP contribution in [0.3, 0.4) is 0 Å². The minimum atomic E-state index is -0.00433. The number of carbonyl (C=O) groups excluding carboxylic acids is 1. The molecule has 118 valence electrons. The van der Waals surface area contributed by atoms with Gasteiger partial charge in [0.15, 0.2) is 0 Å². The number of thioether (sulfide) groups is 1. The molecule has 1 aromatic rings. The number of thiophene rings is 1. The Balaban J connectivity index is 2.39. The number of nitrogen functional groups attached to an aromatic ring is 1. The predicted molar refractivity (Wildman–Crippen MR) is 93.8 cm³/mol. The van der Waals surface area contributed by atoms with Gasteiger partial charge < -0.3 is 15.5 Å². The molecule has 0 unspecified atom stereocenters. The average molecular weight is 328 g/mol. The Morgan fingerprint density at radius 1 is 1.43 bits per heavy atom. The number of piperidine rings is 1. The molecule has 0 radical (unpaired) electrons. The second kappa shape index (κ2) is 6.08. The number of nitrogens with zero attached hydrogens (tertiary/aromatic N) is 2. The monoisotopic (exact) mass is 327 g/mol. The topological polar surface area (TPSA) is 49.6 Å². The van der Waals surface area contributed by atoms with E-state index >= 15 is 0 Å². The Morgan fingerprint density at radius 2 is 2.10 bits per heavy atom. The zero-order valence-electron chi connectivity index (χ0n) is 13.5. The minimum Gasteiger partial charge on any atom is -0.396 e. The van der Waals surface area contributed by atoms with Gasteiger partial charge in [-0.3, -0.25) is 4.79 Å². The van der Waals surface area contributed by atoms with Crippen molar-refractivity contribution in [2.45, 2.75) is 31.6 Å². The first-order valence-corrected chi connectivity index (χ1v) is 9.24. The van der Waals surface area contributed by atoms with E-state index in [9.17, 15) is 4.79 Å². The standard InChI is InChI=1S/C15H25N3OS2/c1-15(2)7-6-8-18(9-15)14-12(20-5)10(16)11(21-14)13(19)17(3)4/h6-9,16H2,1-5H3. The van der Waals surface area contributed by atoms with Gasteiger partial charge in [0.05, 0.1) is 10.6 Å². The quantitative estimate of drug-likeness (QED) is 0.865. The fourth-order valence-corrected chi connectivity index (χ4v) is 5.01. The van der Waals surface area contributed by atoms with Crippen LogP contribution in [0.25, 0.3) is 0 Å². The first-order chi connectivity index (χ1) is 9.76. The third kappa shape index (κ3) is 3.31. The minimum absolute atomic E-state index is 0.00433. The summed E-state index contributed by atoms with van der Waals surface area (Å²) in [7, 11) is 3.54. The van der Waals surface area contributed by atoms with Crippen molar-refractivity contribution in [3.8, 4) is 0 Å². The Morgan fingerprint density at radius 3 is 2.62 bits per heavy atom. The molecule has 0 spiro atoms. The third-order valence-corrected chi connectivity index (χ3v) is 6.08. The van der Waals surface area contributed by atoms with Gasteiger partial charge in [-0.25, -0.2) is 0 Å². The molecule has 1 aliphatic heterocycles.